The Labute approximate surface area is 155 Å². The molecular weight excluding hydrogens is 342 g/mol. The first-order valence-corrected chi connectivity index (χ1v) is 9.14. The predicted octanol–water partition coefficient (Wildman–Crippen LogP) is 2.17. The normalized spacial score (nSPS) is 15.0. The van der Waals surface area contributed by atoms with Crippen LogP contribution in [0.3, 0.4) is 0 Å². The average Bonchev–Trinajstić information content (AvgIpc) is 2.55. The minimum absolute atomic E-state index is 0.117. The molecule has 0 aliphatic carbocycles. The highest BCUT2D eigenvalue weighted by Gasteiger charge is 2.41. The zero-order valence-electron chi connectivity index (χ0n) is 16.4. The van der Waals surface area contributed by atoms with E-state index in [4.69, 9.17) is 25.8 Å². The lowest BCUT2D eigenvalue weighted by molar-refractivity contribution is -0.157. The van der Waals surface area contributed by atoms with Gasteiger partial charge in [-0.05, 0) is 26.7 Å². The Bertz CT molecular complexity index is 426. The number of hydrogen-bond acceptors (Lipinski definition) is 6. The van der Waals surface area contributed by atoms with Crippen LogP contribution in [0.5, 0.6) is 0 Å². The number of rotatable bonds is 12. The second-order valence-electron chi connectivity index (χ2n) is 6.28. The van der Waals surface area contributed by atoms with Gasteiger partial charge in [0, 0.05) is 6.04 Å². The van der Waals surface area contributed by atoms with Crippen LogP contribution >= 0.6 is 0 Å². The van der Waals surface area contributed by atoms with Gasteiger partial charge in [0.05, 0.1) is 18.4 Å². The largest absolute Gasteiger partial charge is 0.481 e. The molecule has 0 aromatic rings. The van der Waals surface area contributed by atoms with E-state index in [0.29, 0.717) is 6.61 Å². The van der Waals surface area contributed by atoms with Crippen molar-refractivity contribution in [1.29, 1.82) is 0 Å². The number of carbonyl (C=O) groups excluding carboxylic acids is 1. The van der Waals surface area contributed by atoms with Gasteiger partial charge in [0.1, 0.15) is 0 Å². The van der Waals surface area contributed by atoms with Crippen molar-refractivity contribution in [3.05, 3.63) is 0 Å². The summed E-state index contributed by atoms with van der Waals surface area (Å²) < 4.78 is 5.20. The summed E-state index contributed by atoms with van der Waals surface area (Å²) in [7, 11) is 0. The zero-order valence-corrected chi connectivity index (χ0v) is 16.4. The number of aliphatic hydroxyl groups excluding tert-OH is 1. The van der Waals surface area contributed by atoms with Crippen LogP contribution in [0.2, 0.25) is 0 Å². The Morgan fingerprint density at radius 2 is 1.65 bits per heavy atom. The van der Waals surface area contributed by atoms with E-state index in [0.717, 1.165) is 19.3 Å². The van der Waals surface area contributed by atoms with E-state index in [1.807, 2.05) is 20.8 Å². The van der Waals surface area contributed by atoms with E-state index in [1.165, 1.54) is 19.3 Å². The van der Waals surface area contributed by atoms with Gasteiger partial charge >= 0.3 is 17.9 Å². The number of nitrogens with two attached hydrogens (primary N) is 1. The molecule has 154 valence electrons. The fourth-order valence-corrected chi connectivity index (χ4v) is 2.55. The maximum Gasteiger partial charge on any atom is 0.333 e. The first kappa shape index (κ1) is 26.6. The number of carboxylic acids is 2. The van der Waals surface area contributed by atoms with Crippen molar-refractivity contribution in [2.45, 2.75) is 84.8 Å². The van der Waals surface area contributed by atoms with Gasteiger partial charge in [0.25, 0.3) is 0 Å². The van der Waals surface area contributed by atoms with E-state index < -0.39 is 29.9 Å². The summed E-state index contributed by atoms with van der Waals surface area (Å²) in [4.78, 5) is 31.5. The second-order valence-corrected chi connectivity index (χ2v) is 6.28. The molecule has 0 radical (unpaired) electrons. The Hall–Kier alpha value is -1.67. The number of carboxylic acid groups (broad SMARTS) is 2. The molecule has 0 aromatic heterocycles. The van der Waals surface area contributed by atoms with Gasteiger partial charge in [-0.3, -0.25) is 9.59 Å². The molecule has 0 saturated heterocycles. The highest BCUT2D eigenvalue weighted by Crippen LogP contribution is 2.33. The Balaban J connectivity index is 0. The standard InChI is InChI=1S/C14H29NO2.C4H6O5/c1-5-8-9-10-11-14(6-2,12(4)15)13(16)17-7-3;5-2(4(8)9)1-3(6)7/h12H,5-11,15H2,1-4H3;2,5H,1H2,(H,6,7)(H,8,9). The van der Waals surface area contributed by atoms with Gasteiger partial charge in [-0.2, -0.15) is 0 Å². The van der Waals surface area contributed by atoms with Crippen LogP contribution in [0.4, 0.5) is 0 Å². The van der Waals surface area contributed by atoms with E-state index in [-0.39, 0.29) is 12.0 Å². The van der Waals surface area contributed by atoms with Crippen LogP contribution in [0.1, 0.15) is 72.6 Å². The number of unbranched alkanes of at least 4 members (excludes halogenated alkanes) is 3. The lowest BCUT2D eigenvalue weighted by Gasteiger charge is -2.34. The van der Waals surface area contributed by atoms with Crippen LogP contribution in [0, 0.1) is 5.41 Å². The second kappa shape index (κ2) is 14.5. The summed E-state index contributed by atoms with van der Waals surface area (Å²) in [5, 5.41) is 24.1. The third kappa shape index (κ3) is 10.4. The van der Waals surface area contributed by atoms with Gasteiger partial charge in [-0.15, -0.1) is 0 Å². The van der Waals surface area contributed by atoms with Crippen molar-refractivity contribution in [2.75, 3.05) is 6.61 Å². The van der Waals surface area contributed by atoms with E-state index >= 15 is 0 Å². The Morgan fingerprint density at radius 1 is 1.08 bits per heavy atom. The fraction of sp³-hybridized carbons (Fsp3) is 0.833. The summed E-state index contributed by atoms with van der Waals surface area (Å²) in [6.45, 7) is 8.41. The molecule has 3 unspecified atom stereocenters. The molecule has 8 heteroatoms. The Kier molecular flexibility index (Phi) is 14.8. The SMILES string of the molecule is CCCCCCC(CC)(C(=O)OCC)C(C)N.O=C(O)CC(O)C(=O)O. The van der Waals surface area contributed by atoms with Crippen molar-refractivity contribution in [3.63, 3.8) is 0 Å². The number of ether oxygens (including phenoxy) is 1. The van der Waals surface area contributed by atoms with Gasteiger partial charge < -0.3 is 25.8 Å². The van der Waals surface area contributed by atoms with Crippen molar-refractivity contribution in [1.82, 2.24) is 0 Å². The predicted molar refractivity (Wildman–Crippen MR) is 97.7 cm³/mol. The number of aliphatic carboxylic acids is 2. The van der Waals surface area contributed by atoms with Gasteiger partial charge in [0.2, 0.25) is 0 Å². The van der Waals surface area contributed by atoms with Gasteiger partial charge in [-0.25, -0.2) is 4.79 Å². The quantitative estimate of drug-likeness (QED) is 0.299. The van der Waals surface area contributed by atoms with Crippen molar-refractivity contribution in [2.24, 2.45) is 11.1 Å². The molecule has 5 N–H and O–H groups in total. The van der Waals surface area contributed by atoms with Crippen LogP contribution in [-0.4, -0.2) is 52.0 Å². The molecule has 26 heavy (non-hydrogen) atoms. The number of esters is 1. The molecule has 8 nitrogen and oxygen atoms in total. The van der Waals surface area contributed by atoms with Crippen LogP contribution in [0.25, 0.3) is 0 Å². The van der Waals surface area contributed by atoms with E-state index in [1.54, 1.807) is 0 Å². The molecule has 0 fully saturated rings. The topological polar surface area (TPSA) is 147 Å². The third-order valence-corrected chi connectivity index (χ3v) is 4.31. The monoisotopic (exact) mass is 377 g/mol. The molecule has 0 bridgehead atoms. The molecule has 0 aliphatic heterocycles. The van der Waals surface area contributed by atoms with Crippen molar-refractivity contribution >= 4 is 17.9 Å². The molecule has 3 atom stereocenters. The Morgan fingerprint density at radius 3 is 1.96 bits per heavy atom. The minimum atomic E-state index is -1.79. The zero-order chi connectivity index (χ0) is 20.8. The van der Waals surface area contributed by atoms with Crippen LogP contribution in [-0.2, 0) is 19.1 Å². The first-order chi connectivity index (χ1) is 12.1. The number of carbonyl (C=O) groups is 3. The summed E-state index contributed by atoms with van der Waals surface area (Å²) in [6, 6.07) is -0.145. The van der Waals surface area contributed by atoms with E-state index in [2.05, 4.69) is 6.92 Å². The highest BCUT2D eigenvalue weighted by atomic mass is 16.5. The lowest BCUT2D eigenvalue weighted by atomic mass is 9.74. The van der Waals surface area contributed by atoms with Gasteiger partial charge in [-0.1, -0.05) is 39.5 Å². The maximum absolute atomic E-state index is 12.1. The van der Waals surface area contributed by atoms with Gasteiger partial charge in [0.15, 0.2) is 6.10 Å². The van der Waals surface area contributed by atoms with Crippen LogP contribution < -0.4 is 5.73 Å². The van der Waals surface area contributed by atoms with Crippen molar-refractivity contribution in [3.8, 4) is 0 Å². The molecular formula is C18H35NO7. The molecule has 0 spiro atoms. The van der Waals surface area contributed by atoms with Crippen LogP contribution in [0.15, 0.2) is 0 Å². The summed E-state index contributed by atoms with van der Waals surface area (Å²) >= 11 is 0. The maximum atomic E-state index is 12.1. The summed E-state index contributed by atoms with van der Waals surface area (Å²) in [6.07, 6.45) is 3.72. The highest BCUT2D eigenvalue weighted by molar-refractivity contribution is 5.79. The first-order valence-electron chi connectivity index (χ1n) is 9.14. The fourth-order valence-electron chi connectivity index (χ4n) is 2.55. The van der Waals surface area contributed by atoms with Crippen molar-refractivity contribution < 1.29 is 34.4 Å². The summed E-state index contributed by atoms with van der Waals surface area (Å²) in [5.74, 6) is -2.96. The average molecular weight is 377 g/mol. The minimum Gasteiger partial charge on any atom is -0.481 e. The number of aliphatic hydroxyl groups is 1. The van der Waals surface area contributed by atoms with E-state index in [9.17, 15) is 14.4 Å². The molecule has 0 amide bonds. The number of hydrogen-bond donors (Lipinski definition) is 4. The summed E-state index contributed by atoms with van der Waals surface area (Å²) in [5.41, 5.74) is 5.54. The molecule has 0 aromatic carbocycles. The smallest absolute Gasteiger partial charge is 0.333 e. The molecule has 0 rings (SSSR count). The molecule has 0 aliphatic rings. The lowest BCUT2D eigenvalue weighted by Crippen LogP contribution is -2.46. The molecule has 0 heterocycles. The third-order valence-electron chi connectivity index (χ3n) is 4.31. The molecule has 0 saturated carbocycles.